The Labute approximate surface area is 194 Å². The third-order valence-electron chi connectivity index (χ3n) is 6.56. The van der Waals surface area contributed by atoms with Gasteiger partial charge in [-0.3, -0.25) is 4.90 Å². The first-order valence-corrected chi connectivity index (χ1v) is 11.3. The zero-order valence-corrected chi connectivity index (χ0v) is 18.5. The normalized spacial score (nSPS) is 17.6. The molecule has 2 aliphatic heterocycles. The number of aromatic nitrogens is 1. The van der Waals surface area contributed by atoms with E-state index in [-0.39, 0.29) is 11.8 Å². The number of nitrogens with zero attached hydrogens (tertiary/aromatic N) is 4. The zero-order valence-electron chi connectivity index (χ0n) is 18.5. The number of amides is 2. The molecule has 1 N–H and O–H groups in total. The highest BCUT2D eigenvalue weighted by atomic mass is 19.4. The average Bonchev–Trinajstić information content (AvgIpc) is 3.41. The van der Waals surface area contributed by atoms with Crippen LogP contribution in [-0.2, 0) is 6.18 Å². The van der Waals surface area contributed by atoms with Crippen molar-refractivity contribution in [3.05, 3.63) is 60.0 Å². The summed E-state index contributed by atoms with van der Waals surface area (Å²) in [6.45, 7) is 5.61. The molecule has 3 aromatic rings. The van der Waals surface area contributed by atoms with Crippen LogP contribution in [0.15, 0.2) is 48.7 Å². The molecule has 0 aliphatic carbocycles. The number of carbonyl (C=O) groups excluding carboxylic acids is 1. The number of piperazine rings is 1. The molecular weight excluding hydrogens is 450 g/mol. The van der Waals surface area contributed by atoms with Gasteiger partial charge in [-0.05, 0) is 42.5 Å². The van der Waals surface area contributed by atoms with Crippen molar-refractivity contribution in [3.8, 4) is 5.69 Å². The van der Waals surface area contributed by atoms with Gasteiger partial charge in [-0.1, -0.05) is 0 Å². The number of nitrogens with one attached hydrogen (secondary N) is 1. The topological polar surface area (TPSA) is 43.8 Å². The number of carbonyl (C=O) groups is 1. The third-order valence-corrected chi connectivity index (χ3v) is 6.56. The van der Waals surface area contributed by atoms with Gasteiger partial charge in [0.25, 0.3) is 0 Å². The van der Waals surface area contributed by atoms with E-state index < -0.39 is 11.7 Å². The lowest BCUT2D eigenvalue weighted by molar-refractivity contribution is -0.137. The molecule has 1 aromatic heterocycles. The molecular formula is C24H25F4N5O. The Kier molecular flexibility index (Phi) is 5.85. The Hall–Kier alpha value is -3.27. The van der Waals surface area contributed by atoms with Gasteiger partial charge in [0, 0.05) is 69.6 Å². The van der Waals surface area contributed by atoms with Crippen LogP contribution in [0.5, 0.6) is 0 Å². The summed E-state index contributed by atoms with van der Waals surface area (Å²) in [5.74, 6) is -0.373. The lowest BCUT2D eigenvalue weighted by Crippen LogP contribution is -2.48. The molecule has 2 saturated heterocycles. The Morgan fingerprint density at radius 2 is 1.65 bits per heavy atom. The van der Waals surface area contributed by atoms with Gasteiger partial charge in [-0.25, -0.2) is 9.18 Å². The van der Waals surface area contributed by atoms with Crippen LogP contribution in [0, 0.1) is 5.82 Å². The van der Waals surface area contributed by atoms with Crippen molar-refractivity contribution in [2.75, 3.05) is 57.3 Å². The molecule has 2 aliphatic rings. The fourth-order valence-corrected chi connectivity index (χ4v) is 4.66. The maximum atomic E-state index is 13.5. The van der Waals surface area contributed by atoms with Crippen LogP contribution in [0.4, 0.5) is 28.0 Å². The van der Waals surface area contributed by atoms with Crippen molar-refractivity contribution in [2.24, 2.45) is 0 Å². The average molecular weight is 475 g/mol. The van der Waals surface area contributed by atoms with Gasteiger partial charge in [0.2, 0.25) is 0 Å². The van der Waals surface area contributed by atoms with Gasteiger partial charge in [0.05, 0.1) is 16.8 Å². The minimum Gasteiger partial charge on any atom is -0.367 e. The molecule has 0 atom stereocenters. The first kappa shape index (κ1) is 22.5. The summed E-state index contributed by atoms with van der Waals surface area (Å²) in [6, 6.07) is 9.62. The summed E-state index contributed by atoms with van der Waals surface area (Å²) < 4.78 is 55.6. The lowest BCUT2D eigenvalue weighted by Gasteiger charge is -2.36. The van der Waals surface area contributed by atoms with Gasteiger partial charge in [-0.15, -0.1) is 0 Å². The van der Waals surface area contributed by atoms with Crippen LogP contribution in [0.1, 0.15) is 5.56 Å². The summed E-state index contributed by atoms with van der Waals surface area (Å²) in [5, 5.41) is 3.31. The molecule has 2 fully saturated rings. The summed E-state index contributed by atoms with van der Waals surface area (Å²) in [7, 11) is 0. The predicted octanol–water partition coefficient (Wildman–Crippen LogP) is 3.94. The summed E-state index contributed by atoms with van der Waals surface area (Å²) in [5.41, 5.74) is 1.35. The minimum absolute atomic E-state index is 0.0345. The van der Waals surface area contributed by atoms with E-state index >= 15 is 0 Å². The Morgan fingerprint density at radius 1 is 0.912 bits per heavy atom. The number of fused-ring (bicyclic) bond motifs is 1. The Morgan fingerprint density at radius 3 is 2.29 bits per heavy atom. The molecule has 0 spiro atoms. The molecule has 0 bridgehead atoms. The van der Waals surface area contributed by atoms with Crippen molar-refractivity contribution in [1.29, 1.82) is 0 Å². The van der Waals surface area contributed by atoms with E-state index in [0.717, 1.165) is 31.4 Å². The fourth-order valence-electron chi connectivity index (χ4n) is 4.66. The molecule has 0 unspecified atom stereocenters. The molecule has 6 nitrogen and oxygen atoms in total. The SMILES string of the molecule is O=C1NCCN1CCN1CCN(c2cn(-c3ccc(F)cc3)c3ccc(C(F)(F)F)cc23)CC1. The summed E-state index contributed by atoms with van der Waals surface area (Å²) >= 11 is 0. The van der Waals surface area contributed by atoms with Crippen LogP contribution in [0.25, 0.3) is 16.6 Å². The van der Waals surface area contributed by atoms with E-state index in [0.29, 0.717) is 49.3 Å². The highest BCUT2D eigenvalue weighted by molar-refractivity contribution is 5.95. The number of alkyl halides is 3. The number of hydrogen-bond acceptors (Lipinski definition) is 3. The number of anilines is 1. The van der Waals surface area contributed by atoms with Gasteiger partial charge >= 0.3 is 12.2 Å². The number of halogens is 4. The first-order chi connectivity index (χ1) is 16.3. The molecule has 2 amide bonds. The standard InChI is InChI=1S/C24H25F4N5O/c25-18-2-4-19(5-3-18)33-16-22(20-15-17(24(26,27)28)1-6-21(20)33)31-12-9-30(10-13-31)11-14-32-8-7-29-23(32)34/h1-6,15-16H,7-14H2,(H,29,34). The van der Waals surface area contributed by atoms with E-state index in [2.05, 4.69) is 15.1 Å². The van der Waals surface area contributed by atoms with Crippen molar-refractivity contribution in [3.63, 3.8) is 0 Å². The number of rotatable bonds is 5. The molecule has 2 aromatic carbocycles. The number of hydrogen-bond donors (Lipinski definition) is 1. The monoisotopic (exact) mass is 475 g/mol. The lowest BCUT2D eigenvalue weighted by atomic mass is 10.1. The van der Waals surface area contributed by atoms with Crippen LogP contribution in [0.3, 0.4) is 0 Å². The molecule has 0 radical (unpaired) electrons. The van der Waals surface area contributed by atoms with Crippen LogP contribution >= 0.6 is 0 Å². The van der Waals surface area contributed by atoms with Crippen LogP contribution < -0.4 is 10.2 Å². The van der Waals surface area contributed by atoms with Gasteiger partial charge < -0.3 is 19.7 Å². The van der Waals surface area contributed by atoms with Crippen molar-refractivity contribution in [2.45, 2.75) is 6.18 Å². The van der Waals surface area contributed by atoms with Crippen molar-refractivity contribution in [1.82, 2.24) is 19.7 Å². The minimum atomic E-state index is -4.44. The number of urea groups is 1. The first-order valence-electron chi connectivity index (χ1n) is 11.3. The van der Waals surface area contributed by atoms with Crippen LogP contribution in [0.2, 0.25) is 0 Å². The predicted molar refractivity (Wildman–Crippen MR) is 122 cm³/mol. The van der Waals surface area contributed by atoms with E-state index in [9.17, 15) is 22.4 Å². The molecule has 10 heteroatoms. The smallest absolute Gasteiger partial charge is 0.367 e. The maximum Gasteiger partial charge on any atom is 0.416 e. The second-order valence-corrected chi connectivity index (χ2v) is 8.64. The largest absolute Gasteiger partial charge is 0.416 e. The van der Waals surface area contributed by atoms with E-state index in [1.165, 1.54) is 24.3 Å². The second kappa shape index (κ2) is 8.83. The highest BCUT2D eigenvalue weighted by Crippen LogP contribution is 2.37. The van der Waals surface area contributed by atoms with Crippen molar-refractivity contribution < 1.29 is 22.4 Å². The Bertz CT molecular complexity index is 1180. The molecule has 3 heterocycles. The van der Waals surface area contributed by atoms with Crippen LogP contribution in [-0.4, -0.2) is 72.8 Å². The zero-order chi connectivity index (χ0) is 23.9. The van der Waals surface area contributed by atoms with Gasteiger partial charge in [0.15, 0.2) is 0 Å². The summed E-state index contributed by atoms with van der Waals surface area (Å²) in [4.78, 5) is 17.9. The second-order valence-electron chi connectivity index (χ2n) is 8.64. The van der Waals surface area contributed by atoms with E-state index in [1.54, 1.807) is 17.0 Å². The maximum absolute atomic E-state index is 13.5. The third kappa shape index (κ3) is 4.42. The fraction of sp³-hybridized carbons (Fsp3) is 0.375. The molecule has 0 saturated carbocycles. The molecule has 180 valence electrons. The highest BCUT2D eigenvalue weighted by Gasteiger charge is 2.32. The van der Waals surface area contributed by atoms with E-state index in [4.69, 9.17) is 0 Å². The quantitative estimate of drug-likeness (QED) is 0.569. The summed E-state index contributed by atoms with van der Waals surface area (Å²) in [6.07, 6.45) is -2.60. The molecule has 34 heavy (non-hydrogen) atoms. The van der Waals surface area contributed by atoms with Gasteiger partial charge in [-0.2, -0.15) is 13.2 Å². The Balaban J connectivity index is 1.39. The van der Waals surface area contributed by atoms with Gasteiger partial charge in [0.1, 0.15) is 5.82 Å². The number of benzene rings is 2. The van der Waals surface area contributed by atoms with E-state index in [1.807, 2.05) is 10.8 Å². The molecule has 5 rings (SSSR count). The van der Waals surface area contributed by atoms with Crippen molar-refractivity contribution >= 4 is 22.6 Å².